The Labute approximate surface area is 152 Å². The van der Waals surface area contributed by atoms with E-state index in [1.807, 2.05) is 18.2 Å². The zero-order valence-electron chi connectivity index (χ0n) is 14.6. The van der Waals surface area contributed by atoms with Crippen molar-refractivity contribution in [1.29, 1.82) is 0 Å². The maximum Gasteiger partial charge on any atom is 0.270 e. The van der Waals surface area contributed by atoms with Gasteiger partial charge in [0.2, 0.25) is 0 Å². The molecular weight excluding hydrogens is 332 g/mol. The van der Waals surface area contributed by atoms with Crippen molar-refractivity contribution in [3.05, 3.63) is 40.9 Å². The maximum absolute atomic E-state index is 12.5. The van der Waals surface area contributed by atoms with E-state index in [2.05, 4.69) is 10.3 Å². The number of rotatable bonds is 4. The van der Waals surface area contributed by atoms with Gasteiger partial charge >= 0.3 is 0 Å². The molecule has 1 fully saturated rings. The molecule has 1 saturated carbocycles. The number of amides is 1. The van der Waals surface area contributed by atoms with Crippen molar-refractivity contribution in [3.8, 4) is 10.6 Å². The molecule has 1 N–H and O–H groups in total. The second-order valence-corrected chi connectivity index (χ2v) is 7.51. The van der Waals surface area contributed by atoms with Crippen molar-refractivity contribution in [2.75, 3.05) is 0 Å². The fourth-order valence-electron chi connectivity index (χ4n) is 3.34. The van der Waals surface area contributed by atoms with Crippen LogP contribution < -0.4 is 5.32 Å². The van der Waals surface area contributed by atoms with Crippen LogP contribution in [-0.2, 0) is 0 Å². The molecule has 4 nitrogen and oxygen atoms in total. The molecule has 0 bridgehead atoms. The molecule has 1 aliphatic carbocycles. The molecule has 25 heavy (non-hydrogen) atoms. The summed E-state index contributed by atoms with van der Waals surface area (Å²) in [4.78, 5) is 28.8. The second kappa shape index (κ2) is 8.39. The van der Waals surface area contributed by atoms with Gasteiger partial charge < -0.3 is 5.32 Å². The highest BCUT2D eigenvalue weighted by atomic mass is 32.1. The molecule has 1 heterocycles. The zero-order valence-corrected chi connectivity index (χ0v) is 15.4. The molecule has 1 amide bonds. The molecule has 0 atom stereocenters. The molecule has 0 spiro atoms. The number of benzene rings is 1. The quantitative estimate of drug-likeness (QED) is 0.796. The van der Waals surface area contributed by atoms with Crippen LogP contribution in [0.3, 0.4) is 0 Å². The normalized spacial score (nSPS) is 16.0. The van der Waals surface area contributed by atoms with Gasteiger partial charge in [-0.3, -0.25) is 9.59 Å². The second-order valence-electron chi connectivity index (χ2n) is 6.66. The molecule has 0 aliphatic heterocycles. The summed E-state index contributed by atoms with van der Waals surface area (Å²) >= 11 is 1.41. The zero-order chi connectivity index (χ0) is 17.6. The average Bonchev–Trinajstić information content (AvgIpc) is 3.07. The van der Waals surface area contributed by atoms with E-state index in [0.29, 0.717) is 16.3 Å². The minimum atomic E-state index is -0.103. The lowest BCUT2D eigenvalue weighted by atomic mass is 9.97. The Kier molecular flexibility index (Phi) is 5.97. The van der Waals surface area contributed by atoms with Crippen LogP contribution in [0.2, 0.25) is 0 Å². The minimum Gasteiger partial charge on any atom is -0.348 e. The number of nitrogens with one attached hydrogen (secondary N) is 1. The molecule has 0 unspecified atom stereocenters. The Balaban J connectivity index is 1.72. The fraction of sp³-hybridized carbons (Fsp3) is 0.450. The van der Waals surface area contributed by atoms with Gasteiger partial charge in [-0.05, 0) is 19.8 Å². The van der Waals surface area contributed by atoms with Crippen LogP contribution in [0.1, 0.15) is 72.7 Å². The summed E-state index contributed by atoms with van der Waals surface area (Å²) < 4.78 is 0. The number of carbonyl (C=O) groups is 2. The van der Waals surface area contributed by atoms with E-state index >= 15 is 0 Å². The lowest BCUT2D eigenvalue weighted by molar-refractivity contribution is 0.0925. The molecule has 1 aliphatic rings. The summed E-state index contributed by atoms with van der Waals surface area (Å²) in [6, 6.07) is 7.66. The van der Waals surface area contributed by atoms with Gasteiger partial charge in [0.1, 0.15) is 10.7 Å². The largest absolute Gasteiger partial charge is 0.348 e. The third kappa shape index (κ3) is 4.54. The summed E-state index contributed by atoms with van der Waals surface area (Å²) in [5.74, 6) is -0.0975. The van der Waals surface area contributed by atoms with Crippen LogP contribution in [-0.4, -0.2) is 22.7 Å². The van der Waals surface area contributed by atoms with E-state index in [1.54, 1.807) is 18.4 Å². The fourth-order valence-corrected chi connectivity index (χ4v) is 4.18. The molecule has 3 rings (SSSR count). The van der Waals surface area contributed by atoms with E-state index in [9.17, 15) is 9.59 Å². The monoisotopic (exact) mass is 356 g/mol. The van der Waals surface area contributed by atoms with E-state index in [4.69, 9.17) is 0 Å². The lowest BCUT2D eigenvalue weighted by Gasteiger charge is -2.20. The van der Waals surface area contributed by atoms with Crippen LogP contribution in [0.4, 0.5) is 0 Å². The summed E-state index contributed by atoms with van der Waals surface area (Å²) in [7, 11) is 0. The molecule has 0 saturated heterocycles. The lowest BCUT2D eigenvalue weighted by Crippen LogP contribution is -2.35. The molecule has 0 radical (unpaired) electrons. The van der Waals surface area contributed by atoms with Crippen LogP contribution in [0.25, 0.3) is 10.6 Å². The number of Topliss-reactive ketones (excluding diaryl/α,β-unsaturated/α-hetero) is 1. The summed E-state index contributed by atoms with van der Waals surface area (Å²) in [6.45, 7) is 1.55. The van der Waals surface area contributed by atoms with E-state index in [1.165, 1.54) is 43.4 Å². The smallest absolute Gasteiger partial charge is 0.270 e. The van der Waals surface area contributed by atoms with E-state index in [-0.39, 0.29) is 17.7 Å². The Bertz CT molecular complexity index is 746. The summed E-state index contributed by atoms with van der Waals surface area (Å²) in [6.07, 6.45) is 8.29. The van der Waals surface area contributed by atoms with E-state index < -0.39 is 0 Å². The molecule has 2 aromatic rings. The molecule has 1 aromatic carbocycles. The van der Waals surface area contributed by atoms with Crippen LogP contribution in [0, 0.1) is 0 Å². The highest BCUT2D eigenvalue weighted by molar-refractivity contribution is 7.13. The Hall–Kier alpha value is -2.01. The van der Waals surface area contributed by atoms with Gasteiger partial charge in [0.15, 0.2) is 5.78 Å². The average molecular weight is 356 g/mol. The first-order chi connectivity index (χ1) is 12.1. The van der Waals surface area contributed by atoms with E-state index in [0.717, 1.165) is 18.4 Å². The van der Waals surface area contributed by atoms with Crippen molar-refractivity contribution in [1.82, 2.24) is 10.3 Å². The number of carbonyl (C=O) groups excluding carboxylic acids is 2. The minimum absolute atomic E-state index is 0.00585. The Morgan fingerprint density at radius 3 is 2.48 bits per heavy atom. The van der Waals surface area contributed by atoms with Crippen molar-refractivity contribution >= 4 is 23.0 Å². The highest BCUT2D eigenvalue weighted by Crippen LogP contribution is 2.27. The Morgan fingerprint density at radius 2 is 1.76 bits per heavy atom. The van der Waals surface area contributed by atoms with Gasteiger partial charge in [-0.25, -0.2) is 4.98 Å². The number of aromatic nitrogens is 1. The van der Waals surface area contributed by atoms with Crippen molar-refractivity contribution in [2.45, 2.75) is 57.9 Å². The van der Waals surface area contributed by atoms with Gasteiger partial charge in [-0.15, -0.1) is 11.3 Å². The van der Waals surface area contributed by atoms with Crippen LogP contribution in [0.15, 0.2) is 29.6 Å². The molecule has 5 heteroatoms. The van der Waals surface area contributed by atoms with Crippen LogP contribution >= 0.6 is 11.3 Å². The topological polar surface area (TPSA) is 59.1 Å². The molecular formula is C20H24N2O2S. The van der Waals surface area contributed by atoms with Gasteiger partial charge in [-0.2, -0.15) is 0 Å². The van der Waals surface area contributed by atoms with Gasteiger partial charge in [-0.1, -0.05) is 56.4 Å². The van der Waals surface area contributed by atoms with Crippen LogP contribution in [0.5, 0.6) is 0 Å². The third-order valence-electron chi connectivity index (χ3n) is 4.71. The first kappa shape index (κ1) is 17.8. The molecule has 1 aromatic heterocycles. The number of thiazole rings is 1. The number of ketones is 1. The van der Waals surface area contributed by atoms with Gasteiger partial charge in [0.25, 0.3) is 5.91 Å². The predicted octanol–water partition coefficient (Wildman–Crippen LogP) is 4.86. The predicted molar refractivity (Wildman–Crippen MR) is 101 cm³/mol. The first-order valence-electron chi connectivity index (χ1n) is 9.02. The third-order valence-corrected chi connectivity index (χ3v) is 5.59. The maximum atomic E-state index is 12.5. The van der Waals surface area contributed by atoms with Gasteiger partial charge in [0, 0.05) is 22.5 Å². The molecule has 132 valence electrons. The summed E-state index contributed by atoms with van der Waals surface area (Å²) in [5.41, 5.74) is 1.88. The number of hydrogen-bond donors (Lipinski definition) is 1. The van der Waals surface area contributed by atoms with Crippen molar-refractivity contribution in [2.24, 2.45) is 0 Å². The van der Waals surface area contributed by atoms with Crippen molar-refractivity contribution in [3.63, 3.8) is 0 Å². The van der Waals surface area contributed by atoms with Crippen molar-refractivity contribution < 1.29 is 9.59 Å². The first-order valence-corrected chi connectivity index (χ1v) is 9.90. The number of hydrogen-bond acceptors (Lipinski definition) is 4. The SMILES string of the molecule is CC(=O)c1ccccc1-c1nc(C(=O)NC2CCCCCCC2)cs1. The standard InChI is InChI=1S/C20H24N2O2S/c1-14(23)16-11-7-8-12-17(16)20-22-18(13-25-20)19(24)21-15-9-5-3-2-4-6-10-15/h7-8,11-13,15H,2-6,9-10H2,1H3,(H,21,24). The highest BCUT2D eigenvalue weighted by Gasteiger charge is 2.19. The summed E-state index contributed by atoms with van der Waals surface area (Å²) in [5, 5.41) is 5.64. The van der Waals surface area contributed by atoms with Gasteiger partial charge in [0.05, 0.1) is 0 Å². The Morgan fingerprint density at radius 1 is 1.08 bits per heavy atom. The number of nitrogens with zero attached hydrogens (tertiary/aromatic N) is 1.